The van der Waals surface area contributed by atoms with Gasteiger partial charge in [0.2, 0.25) is 0 Å². The minimum absolute atomic E-state index is 0.0934. The van der Waals surface area contributed by atoms with Crippen LogP contribution >= 0.6 is 0 Å². The molecule has 0 rings (SSSR count). The van der Waals surface area contributed by atoms with Crippen LogP contribution in [0.4, 0.5) is 0 Å². The van der Waals surface area contributed by atoms with Crippen LogP contribution in [0.2, 0.25) is 0 Å². The summed E-state index contributed by atoms with van der Waals surface area (Å²) < 4.78 is 16.8. The number of unbranched alkanes of at least 4 members (excludes halogenated alkanes) is 34. The minimum atomic E-state index is -0.800. The molecule has 0 bridgehead atoms. The van der Waals surface area contributed by atoms with Gasteiger partial charge < -0.3 is 14.2 Å². The Hall–Kier alpha value is -2.89. The first-order valence-corrected chi connectivity index (χ1v) is 30.3. The molecule has 1 unspecified atom stereocenters. The average molecular weight is 980 g/mol. The lowest BCUT2D eigenvalue weighted by atomic mass is 10.0. The van der Waals surface area contributed by atoms with E-state index in [1.165, 1.54) is 186 Å². The van der Waals surface area contributed by atoms with Crippen LogP contribution in [0.25, 0.3) is 0 Å². The lowest BCUT2D eigenvalue weighted by Crippen LogP contribution is -2.30. The number of esters is 3. The lowest BCUT2D eigenvalue weighted by molar-refractivity contribution is -0.167. The first kappa shape index (κ1) is 67.1. The van der Waals surface area contributed by atoms with Crippen LogP contribution in [0.5, 0.6) is 0 Å². The van der Waals surface area contributed by atoms with Gasteiger partial charge in [-0.3, -0.25) is 14.4 Å². The molecule has 0 aliphatic rings. The maximum atomic E-state index is 12.8. The van der Waals surface area contributed by atoms with Crippen molar-refractivity contribution in [2.75, 3.05) is 13.2 Å². The molecular weight excluding hydrogens is 865 g/mol. The van der Waals surface area contributed by atoms with Gasteiger partial charge >= 0.3 is 17.9 Å². The molecule has 0 heterocycles. The molecule has 1 atom stereocenters. The number of allylic oxidation sites excluding steroid dienone is 10. The van der Waals surface area contributed by atoms with E-state index >= 15 is 0 Å². The smallest absolute Gasteiger partial charge is 0.306 e. The highest BCUT2D eigenvalue weighted by molar-refractivity contribution is 5.71. The molecule has 6 nitrogen and oxygen atoms in total. The zero-order valence-corrected chi connectivity index (χ0v) is 46.5. The molecule has 406 valence electrons. The quantitative estimate of drug-likeness (QED) is 0.0261. The van der Waals surface area contributed by atoms with Gasteiger partial charge in [-0.1, -0.05) is 293 Å². The summed E-state index contributed by atoms with van der Waals surface area (Å²) in [4.78, 5) is 38.0. The van der Waals surface area contributed by atoms with Gasteiger partial charge in [0.25, 0.3) is 0 Å². The van der Waals surface area contributed by atoms with Crippen molar-refractivity contribution in [2.24, 2.45) is 0 Å². The highest BCUT2D eigenvalue weighted by Gasteiger charge is 2.19. The third-order valence-electron chi connectivity index (χ3n) is 13.3. The number of hydrogen-bond donors (Lipinski definition) is 0. The van der Waals surface area contributed by atoms with Gasteiger partial charge in [0, 0.05) is 19.3 Å². The van der Waals surface area contributed by atoms with E-state index in [-0.39, 0.29) is 37.5 Å². The maximum Gasteiger partial charge on any atom is 0.306 e. The predicted molar refractivity (Wildman–Crippen MR) is 302 cm³/mol. The second kappa shape index (κ2) is 58.7. The number of carbonyl (C=O) groups is 3. The van der Waals surface area contributed by atoms with Gasteiger partial charge in [0.1, 0.15) is 13.2 Å². The van der Waals surface area contributed by atoms with Crippen molar-refractivity contribution in [3.63, 3.8) is 0 Å². The summed E-state index contributed by atoms with van der Waals surface area (Å²) >= 11 is 0. The normalized spacial score (nSPS) is 12.4. The molecule has 0 saturated carbocycles. The molecule has 0 fully saturated rings. The molecule has 0 aromatic carbocycles. The fourth-order valence-electron chi connectivity index (χ4n) is 8.78. The zero-order chi connectivity index (χ0) is 50.7. The summed E-state index contributed by atoms with van der Waals surface area (Å²) in [6.45, 7) is 6.48. The van der Waals surface area contributed by atoms with Gasteiger partial charge in [-0.05, 0) is 57.8 Å². The molecule has 0 radical (unpaired) electrons. The van der Waals surface area contributed by atoms with E-state index in [0.29, 0.717) is 19.3 Å². The highest BCUT2D eigenvalue weighted by Crippen LogP contribution is 2.17. The van der Waals surface area contributed by atoms with Gasteiger partial charge in [0.05, 0.1) is 0 Å². The molecule has 0 N–H and O–H groups in total. The molecule has 0 saturated heterocycles. The van der Waals surface area contributed by atoms with Crippen LogP contribution in [0, 0.1) is 0 Å². The monoisotopic (exact) mass is 979 g/mol. The fourth-order valence-corrected chi connectivity index (χ4v) is 8.78. The molecule has 70 heavy (non-hydrogen) atoms. The topological polar surface area (TPSA) is 78.9 Å². The van der Waals surface area contributed by atoms with Crippen LogP contribution in [-0.2, 0) is 28.6 Å². The van der Waals surface area contributed by atoms with E-state index in [1.54, 1.807) is 0 Å². The summed E-state index contributed by atoms with van der Waals surface area (Å²) in [6.07, 6.45) is 74.0. The molecule has 0 aromatic rings. The van der Waals surface area contributed by atoms with Crippen LogP contribution in [0.1, 0.15) is 310 Å². The van der Waals surface area contributed by atoms with Crippen LogP contribution in [0.3, 0.4) is 0 Å². The van der Waals surface area contributed by atoms with Crippen molar-refractivity contribution in [1.29, 1.82) is 0 Å². The first-order valence-electron chi connectivity index (χ1n) is 30.3. The number of ether oxygens (including phenoxy) is 3. The Kier molecular flexibility index (Phi) is 56.3. The Morgan fingerprint density at radius 3 is 0.857 bits per heavy atom. The lowest BCUT2D eigenvalue weighted by Gasteiger charge is -2.18. The maximum absolute atomic E-state index is 12.8. The Balaban J connectivity index is 4.16. The average Bonchev–Trinajstić information content (AvgIpc) is 3.36. The van der Waals surface area contributed by atoms with Crippen molar-refractivity contribution in [3.05, 3.63) is 60.8 Å². The molecule has 6 heteroatoms. The molecule has 0 aromatic heterocycles. The van der Waals surface area contributed by atoms with E-state index in [2.05, 4.69) is 81.5 Å². The molecule has 0 spiro atoms. The third-order valence-corrected chi connectivity index (χ3v) is 13.3. The summed E-state index contributed by atoms with van der Waals surface area (Å²) in [6, 6.07) is 0. The summed E-state index contributed by atoms with van der Waals surface area (Å²) in [7, 11) is 0. The van der Waals surface area contributed by atoms with Crippen molar-refractivity contribution in [1.82, 2.24) is 0 Å². The molecule has 0 aliphatic heterocycles. The fraction of sp³-hybridized carbons (Fsp3) is 0.797. The van der Waals surface area contributed by atoms with Crippen molar-refractivity contribution >= 4 is 17.9 Å². The Labute approximate surface area is 434 Å². The van der Waals surface area contributed by atoms with Gasteiger partial charge in [-0.25, -0.2) is 0 Å². The Bertz CT molecular complexity index is 1260. The van der Waals surface area contributed by atoms with Crippen LogP contribution in [0.15, 0.2) is 60.8 Å². The van der Waals surface area contributed by atoms with Gasteiger partial charge in [0.15, 0.2) is 6.10 Å². The SMILES string of the molecule is CC/C=C\C/C=C\C/C=C\C/C=C\C/C=C\CCCC(=O)OC(COC(=O)CCCCCCCCCC)COC(=O)CCCCCCCCCCCCCCCCCCCCCCCCCCCCC. The molecule has 0 amide bonds. The predicted octanol–water partition coefficient (Wildman–Crippen LogP) is 20.4. The van der Waals surface area contributed by atoms with E-state index in [0.717, 1.165) is 77.0 Å². The minimum Gasteiger partial charge on any atom is -0.462 e. The first-order chi connectivity index (χ1) is 34.5. The Morgan fingerprint density at radius 2 is 0.557 bits per heavy atom. The van der Waals surface area contributed by atoms with E-state index in [4.69, 9.17) is 14.2 Å². The van der Waals surface area contributed by atoms with E-state index < -0.39 is 6.10 Å². The zero-order valence-electron chi connectivity index (χ0n) is 46.5. The summed E-state index contributed by atoms with van der Waals surface area (Å²) in [5.41, 5.74) is 0. The highest BCUT2D eigenvalue weighted by atomic mass is 16.6. The third kappa shape index (κ3) is 56.0. The Morgan fingerprint density at radius 1 is 0.300 bits per heavy atom. The number of hydrogen-bond acceptors (Lipinski definition) is 6. The van der Waals surface area contributed by atoms with Crippen molar-refractivity contribution in [3.8, 4) is 0 Å². The largest absolute Gasteiger partial charge is 0.462 e. The van der Waals surface area contributed by atoms with E-state index in [9.17, 15) is 14.4 Å². The standard InChI is InChI=1S/C64H114O6/c1-4-7-10-13-16-19-21-23-25-27-28-29-30-31-32-33-34-35-36-38-39-41-43-45-48-51-54-57-63(66)69-60-61(59-68-62(65)56-53-50-47-18-15-12-9-6-3)70-64(67)58-55-52-49-46-44-42-40-37-26-24-22-20-17-14-11-8-5-2/h8,11,17,20,24,26,40,42,46,49,61H,4-7,9-10,12-16,18-19,21-23,25,27-39,41,43-45,47-48,50-60H2,1-3H3/b11-8-,20-17-,26-24-,42-40-,49-46-. The van der Waals surface area contributed by atoms with Crippen LogP contribution in [-0.4, -0.2) is 37.2 Å². The number of rotatable bonds is 55. The van der Waals surface area contributed by atoms with Gasteiger partial charge in [-0.2, -0.15) is 0 Å². The second-order valence-corrected chi connectivity index (χ2v) is 20.2. The molecular formula is C64H114O6. The summed E-state index contributed by atoms with van der Waals surface area (Å²) in [5.74, 6) is -0.945. The second-order valence-electron chi connectivity index (χ2n) is 20.2. The van der Waals surface area contributed by atoms with Crippen molar-refractivity contribution in [2.45, 2.75) is 316 Å². The van der Waals surface area contributed by atoms with Gasteiger partial charge in [-0.15, -0.1) is 0 Å². The summed E-state index contributed by atoms with van der Waals surface area (Å²) in [5, 5.41) is 0. The molecule has 0 aliphatic carbocycles. The van der Waals surface area contributed by atoms with Crippen molar-refractivity contribution < 1.29 is 28.6 Å². The van der Waals surface area contributed by atoms with Crippen LogP contribution < -0.4 is 0 Å². The van der Waals surface area contributed by atoms with E-state index in [1.807, 2.05) is 0 Å². The number of carbonyl (C=O) groups excluding carboxylic acids is 3.